The van der Waals surface area contributed by atoms with Gasteiger partial charge in [-0.05, 0) is 61.7 Å². The Bertz CT molecular complexity index is 1330. The van der Waals surface area contributed by atoms with E-state index in [-0.39, 0.29) is 12.5 Å². The normalized spacial score (nSPS) is 11.9. The summed E-state index contributed by atoms with van der Waals surface area (Å²) < 4.78 is 32.3. The maximum atomic E-state index is 13.6. The second-order valence-corrected chi connectivity index (χ2v) is 11.0. The third-order valence-electron chi connectivity index (χ3n) is 6.17. The number of nitrogens with one attached hydrogen (secondary N) is 1. The summed E-state index contributed by atoms with van der Waals surface area (Å²) in [5.41, 5.74) is 3.19. The summed E-state index contributed by atoms with van der Waals surface area (Å²) in [6.45, 7) is 5.90. The van der Waals surface area contributed by atoms with Crippen molar-refractivity contribution in [3.63, 3.8) is 0 Å². The van der Waals surface area contributed by atoms with Crippen molar-refractivity contribution >= 4 is 27.5 Å². The second kappa shape index (κ2) is 13.1. The Balaban J connectivity index is 1.82. The molecule has 0 spiro atoms. The molecule has 0 aliphatic heterocycles. The van der Waals surface area contributed by atoms with Gasteiger partial charge in [-0.15, -0.1) is 0 Å². The average molecular weight is 538 g/mol. The number of carbonyl (C=O) groups is 2. The zero-order valence-electron chi connectivity index (χ0n) is 22.3. The molecule has 0 saturated carbocycles. The molecule has 0 heterocycles. The number of carbonyl (C=O) groups excluding carboxylic acids is 2. The first-order chi connectivity index (χ1) is 18.1. The van der Waals surface area contributed by atoms with E-state index in [1.54, 1.807) is 38.1 Å². The van der Waals surface area contributed by atoms with E-state index in [2.05, 4.69) is 5.32 Å². The molecule has 202 valence electrons. The van der Waals surface area contributed by atoms with Crippen molar-refractivity contribution in [1.82, 2.24) is 10.2 Å². The Kier molecular flexibility index (Phi) is 9.90. The molecular weight excluding hydrogens is 502 g/mol. The number of anilines is 1. The molecule has 0 aliphatic carbocycles. The van der Waals surface area contributed by atoms with Crippen LogP contribution in [0, 0.1) is 6.92 Å². The van der Waals surface area contributed by atoms with Gasteiger partial charge in [0.2, 0.25) is 21.8 Å². The molecule has 0 aromatic heterocycles. The minimum atomic E-state index is -3.81. The van der Waals surface area contributed by atoms with Crippen LogP contribution in [0.3, 0.4) is 0 Å². The highest BCUT2D eigenvalue weighted by molar-refractivity contribution is 7.92. The number of ether oxygens (including phenoxy) is 1. The number of nitrogens with zero attached hydrogens (tertiary/aromatic N) is 2. The van der Waals surface area contributed by atoms with E-state index >= 15 is 0 Å². The van der Waals surface area contributed by atoms with Crippen molar-refractivity contribution in [2.45, 2.75) is 40.0 Å². The average Bonchev–Trinajstić information content (AvgIpc) is 2.90. The van der Waals surface area contributed by atoms with E-state index in [0.717, 1.165) is 27.3 Å². The Labute approximate surface area is 225 Å². The molecule has 0 radical (unpaired) electrons. The van der Waals surface area contributed by atoms with Gasteiger partial charge in [-0.25, -0.2) is 8.42 Å². The topological polar surface area (TPSA) is 96.0 Å². The van der Waals surface area contributed by atoms with Crippen molar-refractivity contribution in [1.29, 1.82) is 0 Å². The standard InChI is InChI=1S/C29H35N3O5S/c1-5-30-29(34)23(3)31(19-25-14-10-9-11-22(25)2)28(33)20-32(38(4,35)36)26-15-17-27(18-16-26)37-21-24-12-7-6-8-13-24/h6-18,23H,5,19-21H2,1-4H3,(H,30,34)/t23-/m0/s1. The first-order valence-corrected chi connectivity index (χ1v) is 14.3. The quantitative estimate of drug-likeness (QED) is 0.378. The molecule has 0 bridgehead atoms. The Hall–Kier alpha value is -3.85. The SMILES string of the molecule is CCNC(=O)[C@H](C)N(Cc1ccccc1C)C(=O)CN(c1ccc(OCc2ccccc2)cc1)S(C)(=O)=O. The number of hydrogen-bond donors (Lipinski definition) is 1. The molecule has 0 fully saturated rings. The molecule has 3 aromatic rings. The number of likely N-dealkylation sites (N-methyl/N-ethyl adjacent to an activating group) is 1. The van der Waals surface area contributed by atoms with E-state index in [1.807, 2.05) is 61.5 Å². The number of sulfonamides is 1. The minimum absolute atomic E-state index is 0.174. The molecule has 9 heteroatoms. The molecule has 3 aromatic carbocycles. The van der Waals surface area contributed by atoms with E-state index in [0.29, 0.717) is 24.6 Å². The third kappa shape index (κ3) is 7.82. The Morgan fingerprint density at radius 1 is 0.947 bits per heavy atom. The van der Waals surface area contributed by atoms with Crippen molar-refractivity contribution < 1.29 is 22.7 Å². The van der Waals surface area contributed by atoms with Gasteiger partial charge in [-0.2, -0.15) is 0 Å². The van der Waals surface area contributed by atoms with Crippen LogP contribution in [0.4, 0.5) is 5.69 Å². The monoisotopic (exact) mass is 537 g/mol. The van der Waals surface area contributed by atoms with Crippen LogP contribution < -0.4 is 14.4 Å². The molecule has 0 saturated heterocycles. The van der Waals surface area contributed by atoms with Crippen molar-refractivity contribution in [3.05, 3.63) is 95.6 Å². The van der Waals surface area contributed by atoms with Gasteiger partial charge in [0.15, 0.2) is 0 Å². The van der Waals surface area contributed by atoms with Gasteiger partial charge in [-0.1, -0.05) is 54.6 Å². The Morgan fingerprint density at radius 2 is 1.58 bits per heavy atom. The fourth-order valence-corrected chi connectivity index (χ4v) is 4.79. The molecular formula is C29H35N3O5S. The van der Waals surface area contributed by atoms with Crippen LogP contribution in [0.5, 0.6) is 5.75 Å². The Morgan fingerprint density at radius 3 is 2.18 bits per heavy atom. The minimum Gasteiger partial charge on any atom is -0.489 e. The molecule has 0 unspecified atom stereocenters. The van der Waals surface area contributed by atoms with Crippen LogP contribution in [-0.2, 0) is 32.8 Å². The van der Waals surface area contributed by atoms with Crippen LogP contribution in [0.1, 0.15) is 30.5 Å². The highest BCUT2D eigenvalue weighted by Gasteiger charge is 2.30. The summed E-state index contributed by atoms with van der Waals surface area (Å²) in [6.07, 6.45) is 1.05. The molecule has 38 heavy (non-hydrogen) atoms. The van der Waals surface area contributed by atoms with Gasteiger partial charge < -0.3 is 15.0 Å². The van der Waals surface area contributed by atoms with Gasteiger partial charge in [0.05, 0.1) is 11.9 Å². The lowest BCUT2D eigenvalue weighted by atomic mass is 10.1. The van der Waals surface area contributed by atoms with Gasteiger partial charge in [0.1, 0.15) is 24.9 Å². The molecule has 3 rings (SSSR count). The largest absolute Gasteiger partial charge is 0.489 e. The summed E-state index contributed by atoms with van der Waals surface area (Å²) >= 11 is 0. The summed E-state index contributed by atoms with van der Waals surface area (Å²) in [6, 6.07) is 23.0. The van der Waals surface area contributed by atoms with E-state index in [1.165, 1.54) is 4.90 Å². The summed E-state index contributed by atoms with van der Waals surface area (Å²) in [5, 5.41) is 2.75. The van der Waals surface area contributed by atoms with Gasteiger partial charge >= 0.3 is 0 Å². The maximum absolute atomic E-state index is 13.6. The van der Waals surface area contributed by atoms with Crippen LogP contribution in [0.15, 0.2) is 78.9 Å². The highest BCUT2D eigenvalue weighted by atomic mass is 32.2. The van der Waals surface area contributed by atoms with E-state index < -0.39 is 28.5 Å². The fourth-order valence-electron chi connectivity index (χ4n) is 3.94. The smallest absolute Gasteiger partial charge is 0.244 e. The number of amides is 2. The maximum Gasteiger partial charge on any atom is 0.244 e. The van der Waals surface area contributed by atoms with Gasteiger partial charge in [-0.3, -0.25) is 13.9 Å². The number of rotatable bonds is 12. The first-order valence-electron chi connectivity index (χ1n) is 12.5. The predicted octanol–water partition coefficient (Wildman–Crippen LogP) is 3.89. The fraction of sp³-hybridized carbons (Fsp3) is 0.310. The summed E-state index contributed by atoms with van der Waals surface area (Å²) in [7, 11) is -3.81. The first kappa shape index (κ1) is 28.7. The molecule has 0 aliphatic rings. The van der Waals surface area contributed by atoms with Crippen LogP contribution in [-0.4, -0.2) is 50.5 Å². The number of benzene rings is 3. The summed E-state index contributed by atoms with van der Waals surface area (Å²) in [5.74, 6) is -0.217. The second-order valence-electron chi connectivity index (χ2n) is 9.06. The molecule has 1 N–H and O–H groups in total. The van der Waals surface area contributed by atoms with Gasteiger partial charge in [0.25, 0.3) is 0 Å². The van der Waals surface area contributed by atoms with E-state index in [4.69, 9.17) is 4.74 Å². The van der Waals surface area contributed by atoms with E-state index in [9.17, 15) is 18.0 Å². The van der Waals surface area contributed by atoms with Crippen molar-refractivity contribution in [3.8, 4) is 5.75 Å². The molecule has 2 amide bonds. The van der Waals surface area contributed by atoms with Crippen LogP contribution >= 0.6 is 0 Å². The summed E-state index contributed by atoms with van der Waals surface area (Å²) in [4.78, 5) is 27.7. The lowest BCUT2D eigenvalue weighted by Gasteiger charge is -2.31. The van der Waals surface area contributed by atoms with Crippen LogP contribution in [0.2, 0.25) is 0 Å². The predicted molar refractivity (Wildman–Crippen MR) is 149 cm³/mol. The van der Waals surface area contributed by atoms with Crippen molar-refractivity contribution in [2.75, 3.05) is 23.7 Å². The number of hydrogen-bond acceptors (Lipinski definition) is 5. The van der Waals surface area contributed by atoms with Gasteiger partial charge in [0, 0.05) is 13.1 Å². The zero-order valence-corrected chi connectivity index (χ0v) is 23.1. The third-order valence-corrected chi connectivity index (χ3v) is 7.31. The highest BCUT2D eigenvalue weighted by Crippen LogP contribution is 2.23. The zero-order chi connectivity index (χ0) is 27.7. The molecule has 8 nitrogen and oxygen atoms in total. The van der Waals surface area contributed by atoms with Crippen molar-refractivity contribution in [2.24, 2.45) is 0 Å². The molecule has 1 atom stereocenters. The number of aryl methyl sites for hydroxylation is 1. The van der Waals surface area contributed by atoms with Crippen LogP contribution in [0.25, 0.3) is 0 Å². The lowest BCUT2D eigenvalue weighted by Crippen LogP contribution is -2.51. The lowest BCUT2D eigenvalue weighted by molar-refractivity contribution is -0.139.